The highest BCUT2D eigenvalue weighted by Crippen LogP contribution is 2.49. The highest BCUT2D eigenvalue weighted by molar-refractivity contribution is 5.91. The number of amides is 2. The first-order valence-corrected chi connectivity index (χ1v) is 13.9. The zero-order chi connectivity index (χ0) is 28.3. The second-order valence-electron chi connectivity index (χ2n) is 11.2. The number of methoxy groups -OCH3 is 2. The minimum absolute atomic E-state index is 0.00699. The van der Waals surface area contributed by atoms with E-state index in [0.717, 1.165) is 42.6 Å². The summed E-state index contributed by atoms with van der Waals surface area (Å²) >= 11 is 0. The average molecular weight is 542 g/mol. The van der Waals surface area contributed by atoms with E-state index in [9.17, 15) is 9.59 Å². The molecule has 1 aliphatic carbocycles. The quantitative estimate of drug-likeness (QED) is 0.343. The van der Waals surface area contributed by atoms with Gasteiger partial charge in [-0.05, 0) is 74.7 Å². The molecule has 3 aromatic rings. The largest absolute Gasteiger partial charge is 0.497 e. The van der Waals surface area contributed by atoms with Gasteiger partial charge in [0.2, 0.25) is 0 Å². The number of ether oxygens (including phenoxy) is 2. The smallest absolute Gasteiger partial charge is 0.338 e. The molecule has 1 spiro atoms. The van der Waals surface area contributed by atoms with E-state index in [1.165, 1.54) is 12.7 Å². The molecule has 2 fully saturated rings. The Morgan fingerprint density at radius 2 is 1.50 bits per heavy atom. The number of nitrogens with zero attached hydrogens (tertiary/aromatic N) is 3. The number of rotatable bonds is 8. The summed E-state index contributed by atoms with van der Waals surface area (Å²) in [7, 11) is 7.36. The average Bonchev–Trinajstić information content (AvgIpc) is 3.23. The maximum atomic E-state index is 14.1. The van der Waals surface area contributed by atoms with Crippen molar-refractivity contribution >= 4 is 12.0 Å². The SMILES string of the molecule is COC(=O)c1ccccc1CN1C(=O)N(Cc2ccc(OC)cc2)C[C@]12CC[C@@](c1ccccc1)(N(C)C)CC2. The van der Waals surface area contributed by atoms with E-state index in [4.69, 9.17) is 9.47 Å². The van der Waals surface area contributed by atoms with Gasteiger partial charge >= 0.3 is 12.0 Å². The predicted octanol–water partition coefficient (Wildman–Crippen LogP) is 5.69. The molecule has 1 aliphatic heterocycles. The van der Waals surface area contributed by atoms with Gasteiger partial charge in [-0.1, -0.05) is 60.7 Å². The van der Waals surface area contributed by atoms with Gasteiger partial charge in [0.25, 0.3) is 0 Å². The first-order valence-electron chi connectivity index (χ1n) is 13.9. The van der Waals surface area contributed by atoms with E-state index in [1.807, 2.05) is 52.3 Å². The topological polar surface area (TPSA) is 62.3 Å². The fourth-order valence-electron chi connectivity index (χ4n) is 6.63. The molecule has 40 heavy (non-hydrogen) atoms. The fraction of sp³-hybridized carbons (Fsp3) is 0.394. The predicted molar refractivity (Wildman–Crippen MR) is 155 cm³/mol. The second-order valence-corrected chi connectivity index (χ2v) is 11.2. The molecule has 1 saturated carbocycles. The molecule has 0 aromatic heterocycles. The van der Waals surface area contributed by atoms with E-state index in [2.05, 4.69) is 49.3 Å². The molecule has 0 bridgehead atoms. The maximum absolute atomic E-state index is 14.1. The van der Waals surface area contributed by atoms with Crippen LogP contribution in [0.15, 0.2) is 78.9 Å². The van der Waals surface area contributed by atoms with Crippen LogP contribution in [-0.2, 0) is 23.4 Å². The molecule has 1 heterocycles. The van der Waals surface area contributed by atoms with Gasteiger partial charge in [0.1, 0.15) is 5.75 Å². The number of hydrogen-bond donors (Lipinski definition) is 0. The molecule has 1 saturated heterocycles. The molecule has 5 rings (SSSR count). The number of esters is 1. The van der Waals surface area contributed by atoms with Crippen molar-refractivity contribution in [3.63, 3.8) is 0 Å². The molecule has 2 amide bonds. The third kappa shape index (κ3) is 5.06. The Hall–Kier alpha value is -3.84. The van der Waals surface area contributed by atoms with E-state index in [0.29, 0.717) is 25.2 Å². The maximum Gasteiger partial charge on any atom is 0.338 e. The van der Waals surface area contributed by atoms with Gasteiger partial charge in [-0.25, -0.2) is 9.59 Å². The molecule has 0 atom stereocenters. The summed E-state index contributed by atoms with van der Waals surface area (Å²) in [5, 5.41) is 0. The standard InChI is InChI=1S/C33H39N3O4/c1-34(2)33(27-11-6-5-7-12-27)20-18-32(19-21-33)24-35(22-25-14-16-28(39-3)17-15-25)31(38)36(32)23-26-10-8-9-13-29(26)30(37)40-4/h5-17H,18-24H2,1-4H3/t32-,33-. The van der Waals surface area contributed by atoms with Crippen LogP contribution in [-0.4, -0.2) is 67.1 Å². The van der Waals surface area contributed by atoms with Crippen molar-refractivity contribution in [2.24, 2.45) is 0 Å². The van der Waals surface area contributed by atoms with Crippen molar-refractivity contribution in [3.8, 4) is 5.75 Å². The Bertz CT molecular complexity index is 1330. The van der Waals surface area contributed by atoms with Crippen LogP contribution >= 0.6 is 0 Å². The van der Waals surface area contributed by atoms with Crippen LogP contribution in [0.5, 0.6) is 5.75 Å². The Morgan fingerprint density at radius 3 is 2.12 bits per heavy atom. The molecule has 0 N–H and O–H groups in total. The summed E-state index contributed by atoms with van der Waals surface area (Å²) in [5.41, 5.74) is 3.26. The van der Waals surface area contributed by atoms with Crippen LogP contribution in [0, 0.1) is 0 Å². The Labute approximate surface area is 237 Å². The van der Waals surface area contributed by atoms with Gasteiger partial charge in [-0.2, -0.15) is 0 Å². The monoisotopic (exact) mass is 541 g/mol. The summed E-state index contributed by atoms with van der Waals surface area (Å²) in [5.74, 6) is 0.410. The normalized spacial score (nSPS) is 22.7. The third-order valence-electron chi connectivity index (χ3n) is 9.02. The van der Waals surface area contributed by atoms with Crippen LogP contribution in [0.2, 0.25) is 0 Å². The van der Waals surface area contributed by atoms with Crippen molar-refractivity contribution in [3.05, 3.63) is 101 Å². The number of carbonyl (C=O) groups excluding carboxylic acids is 2. The van der Waals surface area contributed by atoms with Crippen molar-refractivity contribution < 1.29 is 19.1 Å². The highest BCUT2D eigenvalue weighted by Gasteiger charge is 2.54. The van der Waals surface area contributed by atoms with E-state index >= 15 is 0 Å². The Balaban J connectivity index is 1.47. The van der Waals surface area contributed by atoms with Gasteiger partial charge in [-0.3, -0.25) is 4.90 Å². The molecule has 0 unspecified atom stereocenters. The molecule has 210 valence electrons. The summed E-state index contributed by atoms with van der Waals surface area (Å²) < 4.78 is 10.4. The summed E-state index contributed by atoms with van der Waals surface area (Å²) in [6.45, 7) is 1.54. The number of benzene rings is 3. The van der Waals surface area contributed by atoms with Crippen LogP contribution < -0.4 is 4.74 Å². The van der Waals surface area contributed by atoms with Gasteiger partial charge in [-0.15, -0.1) is 0 Å². The van der Waals surface area contributed by atoms with Crippen molar-refractivity contribution in [2.45, 2.75) is 49.9 Å². The molecular weight excluding hydrogens is 502 g/mol. The molecule has 3 aromatic carbocycles. The summed E-state index contributed by atoms with van der Waals surface area (Å²) in [4.78, 5) is 33.0. The Kier molecular flexibility index (Phi) is 7.86. The molecule has 7 heteroatoms. The zero-order valence-electron chi connectivity index (χ0n) is 23.9. The zero-order valence-corrected chi connectivity index (χ0v) is 23.9. The van der Waals surface area contributed by atoms with Gasteiger partial charge < -0.3 is 19.3 Å². The lowest BCUT2D eigenvalue weighted by atomic mass is 9.68. The van der Waals surface area contributed by atoms with Crippen LogP contribution in [0.25, 0.3) is 0 Å². The van der Waals surface area contributed by atoms with Crippen LogP contribution in [0.3, 0.4) is 0 Å². The van der Waals surface area contributed by atoms with E-state index in [-0.39, 0.29) is 23.1 Å². The first kappa shape index (κ1) is 27.7. The van der Waals surface area contributed by atoms with Gasteiger partial charge in [0, 0.05) is 25.2 Å². The lowest BCUT2D eigenvalue weighted by Gasteiger charge is -2.51. The number of hydrogen-bond acceptors (Lipinski definition) is 5. The third-order valence-corrected chi connectivity index (χ3v) is 9.02. The lowest BCUT2D eigenvalue weighted by molar-refractivity contribution is 0.0219. The first-order chi connectivity index (χ1) is 19.3. The minimum Gasteiger partial charge on any atom is -0.497 e. The van der Waals surface area contributed by atoms with Crippen molar-refractivity contribution in [1.82, 2.24) is 14.7 Å². The lowest BCUT2D eigenvalue weighted by Crippen LogP contribution is -2.55. The molecule has 0 radical (unpaired) electrons. The van der Waals surface area contributed by atoms with Crippen molar-refractivity contribution in [1.29, 1.82) is 0 Å². The van der Waals surface area contributed by atoms with E-state index < -0.39 is 0 Å². The Morgan fingerprint density at radius 1 is 0.850 bits per heavy atom. The van der Waals surface area contributed by atoms with Crippen molar-refractivity contribution in [2.75, 3.05) is 34.9 Å². The number of carbonyl (C=O) groups is 2. The number of urea groups is 1. The van der Waals surface area contributed by atoms with E-state index in [1.54, 1.807) is 13.2 Å². The van der Waals surface area contributed by atoms with Gasteiger partial charge in [0.05, 0.1) is 25.3 Å². The van der Waals surface area contributed by atoms with Gasteiger partial charge in [0.15, 0.2) is 0 Å². The minimum atomic E-state index is -0.384. The highest BCUT2D eigenvalue weighted by atomic mass is 16.5. The second kappa shape index (κ2) is 11.3. The fourth-order valence-corrected chi connectivity index (χ4v) is 6.63. The summed E-state index contributed by atoms with van der Waals surface area (Å²) in [6.07, 6.45) is 3.60. The molecule has 2 aliphatic rings. The molecular formula is C33H39N3O4. The van der Waals surface area contributed by atoms with Crippen LogP contribution in [0.1, 0.15) is 52.7 Å². The summed E-state index contributed by atoms with van der Waals surface area (Å²) in [6, 6.07) is 26.1. The molecule has 7 nitrogen and oxygen atoms in total. The van der Waals surface area contributed by atoms with Crippen LogP contribution in [0.4, 0.5) is 4.79 Å².